The van der Waals surface area contributed by atoms with E-state index in [1.165, 1.54) is 0 Å². The average molecular weight is 206 g/mol. The maximum absolute atomic E-state index is 2.48. The summed E-state index contributed by atoms with van der Waals surface area (Å²) in [7, 11) is -0.100. The highest BCUT2D eigenvalue weighted by molar-refractivity contribution is 6.96. The fourth-order valence-corrected chi connectivity index (χ4v) is 6.42. The Morgan fingerprint density at radius 2 is 1.69 bits per heavy atom. The van der Waals surface area contributed by atoms with Crippen LogP contribution in [0.1, 0.15) is 6.92 Å². The maximum atomic E-state index is 2.48. The molecule has 0 aliphatic carbocycles. The van der Waals surface area contributed by atoms with Crippen LogP contribution in [0, 0.1) is 0 Å². The third-order valence-corrected chi connectivity index (χ3v) is 10.9. The van der Waals surface area contributed by atoms with Gasteiger partial charge >= 0.3 is 0 Å². The van der Waals surface area contributed by atoms with E-state index in [0.29, 0.717) is 0 Å². The molecular formula is C11H18Si2. The van der Waals surface area contributed by atoms with Crippen LogP contribution < -0.4 is 5.19 Å². The molecule has 0 fully saturated rings. The summed E-state index contributed by atoms with van der Waals surface area (Å²) in [6, 6.07) is 11.0. The molecule has 2 heteroatoms. The molecule has 0 aliphatic rings. The molecule has 1 aromatic rings. The van der Waals surface area contributed by atoms with E-state index in [-0.39, 0.29) is 0 Å². The van der Waals surface area contributed by atoms with Crippen LogP contribution in [0.25, 0.3) is 0 Å². The summed E-state index contributed by atoms with van der Waals surface area (Å²) in [6.45, 7) is 9.67. The lowest BCUT2D eigenvalue weighted by molar-refractivity contribution is 1.25. The highest BCUT2D eigenvalue weighted by atomic mass is 28.4. The molecule has 0 N–H and O–H groups in total. The summed E-state index contributed by atoms with van der Waals surface area (Å²) in [6.07, 6.45) is 0. The first-order valence-electron chi connectivity index (χ1n) is 4.82. The summed E-state index contributed by atoms with van der Waals surface area (Å²) >= 11 is 0. The highest BCUT2D eigenvalue weighted by Crippen LogP contribution is 2.19. The van der Waals surface area contributed by atoms with E-state index in [2.05, 4.69) is 56.9 Å². The van der Waals surface area contributed by atoms with Crippen molar-refractivity contribution in [1.82, 2.24) is 0 Å². The molecule has 0 aromatic heterocycles. The molecule has 0 bridgehead atoms. The Morgan fingerprint density at radius 1 is 1.15 bits per heavy atom. The first-order valence-corrected chi connectivity index (χ1v) is 9.47. The van der Waals surface area contributed by atoms with E-state index in [4.69, 9.17) is 0 Å². The minimum Gasteiger partial charge on any atom is -0.0733 e. The van der Waals surface area contributed by atoms with Crippen molar-refractivity contribution in [3.63, 3.8) is 0 Å². The summed E-state index contributed by atoms with van der Waals surface area (Å²) in [5.41, 5.74) is 0. The van der Waals surface area contributed by atoms with Crippen molar-refractivity contribution in [2.45, 2.75) is 31.7 Å². The Morgan fingerprint density at radius 3 is 2.15 bits per heavy atom. The van der Waals surface area contributed by atoms with E-state index < -0.39 is 8.07 Å². The van der Waals surface area contributed by atoms with Crippen molar-refractivity contribution in [3.05, 3.63) is 30.3 Å². The van der Waals surface area contributed by atoms with Crippen LogP contribution in [0.5, 0.6) is 0 Å². The molecule has 1 atom stereocenters. The van der Waals surface area contributed by atoms with Crippen LogP contribution in [-0.4, -0.2) is 17.6 Å². The van der Waals surface area contributed by atoms with E-state index >= 15 is 0 Å². The van der Waals surface area contributed by atoms with Gasteiger partial charge in [0.15, 0.2) is 0 Å². The van der Waals surface area contributed by atoms with Crippen molar-refractivity contribution >= 4 is 22.8 Å². The maximum Gasteiger partial charge on any atom is 0.0804 e. The SMILES string of the molecule is C[Si]C(C)[Si](C)(C)c1ccccc1. The van der Waals surface area contributed by atoms with Gasteiger partial charge in [-0.25, -0.2) is 0 Å². The van der Waals surface area contributed by atoms with Gasteiger partial charge in [0.2, 0.25) is 0 Å². The largest absolute Gasteiger partial charge is 0.0804 e. The van der Waals surface area contributed by atoms with Crippen LogP contribution >= 0.6 is 0 Å². The zero-order chi connectivity index (χ0) is 9.90. The molecule has 1 rings (SSSR count). The molecule has 2 radical (unpaired) electrons. The van der Waals surface area contributed by atoms with Crippen LogP contribution in [0.3, 0.4) is 0 Å². The van der Waals surface area contributed by atoms with Crippen LogP contribution in [-0.2, 0) is 0 Å². The van der Waals surface area contributed by atoms with Gasteiger partial charge in [-0.2, -0.15) is 0 Å². The number of benzene rings is 1. The predicted molar refractivity (Wildman–Crippen MR) is 64.6 cm³/mol. The molecule has 1 unspecified atom stereocenters. The Bertz CT molecular complexity index is 254. The number of rotatable bonds is 3. The standard InChI is InChI=1S/C11H18Si2/c1-10(12-2)13(3,4)11-8-6-5-7-9-11/h5-10H,1-4H3. The summed E-state index contributed by atoms with van der Waals surface area (Å²) in [4.78, 5) is 0. The first-order chi connectivity index (χ1) is 6.09. The summed E-state index contributed by atoms with van der Waals surface area (Å²) < 4.78 is 0. The quantitative estimate of drug-likeness (QED) is 0.667. The molecule has 0 spiro atoms. The second kappa shape index (κ2) is 4.24. The topological polar surface area (TPSA) is 0 Å². The lowest BCUT2D eigenvalue weighted by atomic mass is 10.4. The lowest BCUT2D eigenvalue weighted by Gasteiger charge is -2.29. The predicted octanol–water partition coefficient (Wildman–Crippen LogP) is 2.70. The molecule has 0 saturated heterocycles. The van der Waals surface area contributed by atoms with Crippen molar-refractivity contribution in [1.29, 1.82) is 0 Å². The van der Waals surface area contributed by atoms with Crippen LogP contribution in [0.15, 0.2) is 30.3 Å². The van der Waals surface area contributed by atoms with Crippen molar-refractivity contribution in [3.8, 4) is 0 Å². The second-order valence-corrected chi connectivity index (χ2v) is 11.0. The van der Waals surface area contributed by atoms with Crippen molar-refractivity contribution in [2.24, 2.45) is 0 Å². The molecule has 0 saturated carbocycles. The van der Waals surface area contributed by atoms with Gasteiger partial charge < -0.3 is 0 Å². The van der Waals surface area contributed by atoms with Gasteiger partial charge in [0.1, 0.15) is 0 Å². The fraction of sp³-hybridized carbons (Fsp3) is 0.455. The molecule has 70 valence electrons. The van der Waals surface area contributed by atoms with E-state index in [1.807, 2.05) is 0 Å². The smallest absolute Gasteiger partial charge is 0.0733 e. The van der Waals surface area contributed by atoms with Gasteiger partial charge in [0.05, 0.1) is 8.07 Å². The van der Waals surface area contributed by atoms with Crippen molar-refractivity contribution < 1.29 is 0 Å². The van der Waals surface area contributed by atoms with Gasteiger partial charge in [0.25, 0.3) is 0 Å². The van der Waals surface area contributed by atoms with E-state index in [0.717, 1.165) is 14.7 Å². The number of hydrogen-bond acceptors (Lipinski definition) is 0. The monoisotopic (exact) mass is 206 g/mol. The Kier molecular flexibility index (Phi) is 3.50. The van der Waals surface area contributed by atoms with E-state index in [1.54, 1.807) is 5.19 Å². The summed E-state index contributed by atoms with van der Waals surface area (Å²) in [5, 5.41) is 2.49. The summed E-state index contributed by atoms with van der Waals surface area (Å²) in [5.74, 6) is 0. The minimum absolute atomic E-state index is 0.898. The molecular weight excluding hydrogens is 188 g/mol. The van der Waals surface area contributed by atoms with Gasteiger partial charge in [-0.1, -0.05) is 67.2 Å². The van der Waals surface area contributed by atoms with Gasteiger partial charge in [-0.15, -0.1) is 0 Å². The Balaban J connectivity index is 2.93. The van der Waals surface area contributed by atoms with Crippen LogP contribution in [0.4, 0.5) is 0 Å². The van der Waals surface area contributed by atoms with Crippen LogP contribution in [0.2, 0.25) is 24.8 Å². The van der Waals surface area contributed by atoms with Gasteiger partial charge in [-0.3, -0.25) is 0 Å². The molecule has 0 heterocycles. The Labute approximate surface area is 85.2 Å². The van der Waals surface area contributed by atoms with Crippen molar-refractivity contribution in [2.75, 3.05) is 0 Å². The molecule has 13 heavy (non-hydrogen) atoms. The second-order valence-electron chi connectivity index (χ2n) is 4.10. The van der Waals surface area contributed by atoms with E-state index in [9.17, 15) is 0 Å². The highest BCUT2D eigenvalue weighted by Gasteiger charge is 2.28. The molecule has 1 aromatic carbocycles. The fourth-order valence-electron chi connectivity index (χ4n) is 1.48. The Hall–Kier alpha value is -0.346. The zero-order valence-corrected chi connectivity index (χ0v) is 11.0. The zero-order valence-electron chi connectivity index (χ0n) is 8.96. The van der Waals surface area contributed by atoms with Gasteiger partial charge in [0, 0.05) is 9.52 Å². The third kappa shape index (κ3) is 2.32. The minimum atomic E-state index is -1.17. The molecule has 0 amide bonds. The number of hydrogen-bond donors (Lipinski definition) is 0. The normalized spacial score (nSPS) is 14.2. The third-order valence-electron chi connectivity index (χ3n) is 3.03. The van der Waals surface area contributed by atoms with Gasteiger partial charge in [-0.05, 0) is 0 Å². The average Bonchev–Trinajstić information content (AvgIpc) is 2.18. The lowest BCUT2D eigenvalue weighted by Crippen LogP contribution is -2.46. The first kappa shape index (κ1) is 10.7. The molecule has 0 nitrogen and oxygen atoms in total. The molecule has 0 aliphatic heterocycles.